The van der Waals surface area contributed by atoms with Gasteiger partial charge in [0.2, 0.25) is 0 Å². The predicted octanol–water partition coefficient (Wildman–Crippen LogP) is 2.92. The van der Waals surface area contributed by atoms with Crippen molar-refractivity contribution in [1.29, 1.82) is 0 Å². The van der Waals surface area contributed by atoms with Crippen LogP contribution in [0.1, 0.15) is 16.1 Å². The number of pyridine rings is 1. The average Bonchev–Trinajstić information content (AvgIpc) is 2.32. The van der Waals surface area contributed by atoms with Crippen LogP contribution in [0.5, 0.6) is 0 Å². The fraction of sp³-hybridized carbons (Fsp3) is 0.0769. The number of benzene rings is 1. The van der Waals surface area contributed by atoms with E-state index in [1.807, 2.05) is 0 Å². The molecule has 2 rings (SSSR count). The highest BCUT2D eigenvalue weighted by molar-refractivity contribution is 6.03. The summed E-state index contributed by atoms with van der Waals surface area (Å²) < 4.78 is 26.3. The van der Waals surface area contributed by atoms with Crippen LogP contribution < -0.4 is 5.32 Å². The molecule has 1 heterocycles. The van der Waals surface area contributed by atoms with Crippen molar-refractivity contribution in [2.75, 3.05) is 5.32 Å². The van der Waals surface area contributed by atoms with E-state index in [2.05, 4.69) is 10.3 Å². The van der Waals surface area contributed by atoms with Crippen LogP contribution in [0.15, 0.2) is 36.4 Å². The lowest BCUT2D eigenvalue weighted by Crippen LogP contribution is -2.15. The topological polar surface area (TPSA) is 42.0 Å². The number of hydrogen-bond donors (Lipinski definition) is 1. The fourth-order valence-corrected chi connectivity index (χ4v) is 1.47. The van der Waals surface area contributed by atoms with Crippen molar-refractivity contribution in [3.05, 3.63) is 59.3 Å². The number of carbonyl (C=O) groups is 1. The first-order chi connectivity index (χ1) is 8.56. The summed E-state index contributed by atoms with van der Waals surface area (Å²) in [4.78, 5) is 15.8. The van der Waals surface area contributed by atoms with Gasteiger partial charge in [0.25, 0.3) is 5.91 Å². The number of nitrogens with zero attached hydrogens (tertiary/aromatic N) is 1. The van der Waals surface area contributed by atoms with E-state index in [0.717, 1.165) is 18.2 Å². The summed E-state index contributed by atoms with van der Waals surface area (Å²) in [5.74, 6) is -1.88. The Balaban J connectivity index is 2.24. The zero-order valence-corrected chi connectivity index (χ0v) is 9.58. The molecule has 1 aromatic heterocycles. The van der Waals surface area contributed by atoms with Crippen molar-refractivity contribution in [3.8, 4) is 0 Å². The molecule has 1 aromatic carbocycles. The Morgan fingerprint density at radius 1 is 1.22 bits per heavy atom. The van der Waals surface area contributed by atoms with E-state index >= 15 is 0 Å². The Labute approximate surface area is 102 Å². The van der Waals surface area contributed by atoms with E-state index < -0.39 is 17.5 Å². The molecule has 92 valence electrons. The number of halogens is 2. The van der Waals surface area contributed by atoms with Crippen LogP contribution >= 0.6 is 0 Å². The van der Waals surface area contributed by atoms with E-state index in [4.69, 9.17) is 0 Å². The number of nitrogens with one attached hydrogen (secondary N) is 1. The number of aryl methyl sites for hydroxylation is 1. The summed E-state index contributed by atoms with van der Waals surface area (Å²) in [7, 11) is 0. The first kappa shape index (κ1) is 12.2. The van der Waals surface area contributed by atoms with Gasteiger partial charge in [0.05, 0.1) is 5.56 Å². The molecule has 1 N–H and O–H groups in total. The molecule has 0 radical (unpaired) electrons. The summed E-state index contributed by atoms with van der Waals surface area (Å²) in [6, 6.07) is 7.76. The zero-order valence-electron chi connectivity index (χ0n) is 9.58. The van der Waals surface area contributed by atoms with Gasteiger partial charge in [-0.1, -0.05) is 6.07 Å². The fourth-order valence-electron chi connectivity index (χ4n) is 1.47. The number of aromatic nitrogens is 1. The number of rotatable bonds is 2. The second-order valence-electron chi connectivity index (χ2n) is 3.74. The van der Waals surface area contributed by atoms with Crippen molar-refractivity contribution < 1.29 is 13.6 Å². The lowest BCUT2D eigenvalue weighted by atomic mass is 10.2. The van der Waals surface area contributed by atoms with Crippen LogP contribution in [0.4, 0.5) is 14.6 Å². The molecule has 0 aliphatic rings. The predicted molar refractivity (Wildman–Crippen MR) is 63.3 cm³/mol. The number of carbonyl (C=O) groups excluding carboxylic acids is 1. The van der Waals surface area contributed by atoms with Crippen molar-refractivity contribution in [3.63, 3.8) is 0 Å². The minimum Gasteiger partial charge on any atom is -0.306 e. The van der Waals surface area contributed by atoms with Gasteiger partial charge in [0.1, 0.15) is 17.5 Å². The molecular weight excluding hydrogens is 238 g/mol. The van der Waals surface area contributed by atoms with Crippen molar-refractivity contribution in [1.82, 2.24) is 4.98 Å². The largest absolute Gasteiger partial charge is 0.306 e. The molecule has 0 fully saturated rings. The molecule has 18 heavy (non-hydrogen) atoms. The summed E-state index contributed by atoms with van der Waals surface area (Å²) in [6.07, 6.45) is 0. The van der Waals surface area contributed by atoms with Gasteiger partial charge in [0, 0.05) is 5.69 Å². The van der Waals surface area contributed by atoms with Gasteiger partial charge < -0.3 is 5.32 Å². The van der Waals surface area contributed by atoms with Crippen LogP contribution in [0.2, 0.25) is 0 Å². The summed E-state index contributed by atoms with van der Waals surface area (Å²) >= 11 is 0. The van der Waals surface area contributed by atoms with Crippen molar-refractivity contribution >= 4 is 11.7 Å². The summed E-state index contributed by atoms with van der Waals surface area (Å²) in [5.41, 5.74) is 0.367. The molecule has 0 saturated heterocycles. The molecule has 0 atom stereocenters. The first-order valence-corrected chi connectivity index (χ1v) is 5.26. The highest BCUT2D eigenvalue weighted by Crippen LogP contribution is 2.12. The van der Waals surface area contributed by atoms with Gasteiger partial charge in [-0.05, 0) is 37.3 Å². The van der Waals surface area contributed by atoms with Gasteiger partial charge in [-0.3, -0.25) is 4.79 Å². The molecule has 0 unspecified atom stereocenters. The van der Waals surface area contributed by atoms with E-state index in [9.17, 15) is 13.6 Å². The first-order valence-electron chi connectivity index (χ1n) is 5.26. The summed E-state index contributed by atoms with van der Waals surface area (Å²) in [5, 5.41) is 2.41. The van der Waals surface area contributed by atoms with Crippen LogP contribution in [-0.4, -0.2) is 10.9 Å². The molecule has 0 aliphatic carbocycles. The minimum atomic E-state index is -0.776. The Morgan fingerprint density at radius 2 is 2.00 bits per heavy atom. The maximum absolute atomic E-state index is 13.4. The molecular formula is C13H10F2N2O. The Morgan fingerprint density at radius 3 is 2.72 bits per heavy atom. The molecule has 0 bridgehead atoms. The third kappa shape index (κ3) is 2.68. The molecule has 2 aromatic rings. The number of hydrogen-bond acceptors (Lipinski definition) is 2. The van der Waals surface area contributed by atoms with E-state index in [-0.39, 0.29) is 5.56 Å². The maximum atomic E-state index is 13.4. The van der Waals surface area contributed by atoms with E-state index in [0.29, 0.717) is 11.5 Å². The van der Waals surface area contributed by atoms with Crippen molar-refractivity contribution in [2.45, 2.75) is 6.92 Å². The zero-order chi connectivity index (χ0) is 13.1. The van der Waals surface area contributed by atoms with Gasteiger partial charge >= 0.3 is 0 Å². The molecule has 1 amide bonds. The third-order valence-corrected chi connectivity index (χ3v) is 2.30. The average molecular weight is 248 g/mol. The molecule has 3 nitrogen and oxygen atoms in total. The Bertz CT molecular complexity index is 599. The van der Waals surface area contributed by atoms with Gasteiger partial charge in [-0.25, -0.2) is 13.8 Å². The monoisotopic (exact) mass is 248 g/mol. The lowest BCUT2D eigenvalue weighted by Gasteiger charge is -2.06. The quantitative estimate of drug-likeness (QED) is 0.887. The highest BCUT2D eigenvalue weighted by atomic mass is 19.1. The van der Waals surface area contributed by atoms with Gasteiger partial charge in [-0.15, -0.1) is 0 Å². The lowest BCUT2D eigenvalue weighted by molar-refractivity contribution is 0.102. The number of amides is 1. The van der Waals surface area contributed by atoms with Crippen LogP contribution in [0, 0.1) is 18.6 Å². The van der Waals surface area contributed by atoms with Crippen LogP contribution in [-0.2, 0) is 0 Å². The second kappa shape index (κ2) is 4.91. The third-order valence-electron chi connectivity index (χ3n) is 2.30. The van der Waals surface area contributed by atoms with E-state index in [1.165, 1.54) is 0 Å². The summed E-state index contributed by atoms with van der Waals surface area (Å²) in [6.45, 7) is 1.76. The smallest absolute Gasteiger partial charge is 0.259 e. The SMILES string of the molecule is Cc1cccc(NC(=O)c2cc(F)ccc2F)n1. The molecule has 0 saturated carbocycles. The Hall–Kier alpha value is -2.30. The Kier molecular flexibility index (Phi) is 3.32. The standard InChI is InChI=1S/C13H10F2N2O/c1-8-3-2-4-12(16-8)17-13(18)10-7-9(14)5-6-11(10)15/h2-7H,1H3,(H,16,17,18). The van der Waals surface area contributed by atoms with E-state index in [1.54, 1.807) is 25.1 Å². The normalized spacial score (nSPS) is 10.2. The second-order valence-corrected chi connectivity index (χ2v) is 3.74. The van der Waals surface area contributed by atoms with Gasteiger partial charge in [0.15, 0.2) is 0 Å². The number of anilines is 1. The minimum absolute atomic E-state index is 0.295. The van der Waals surface area contributed by atoms with Crippen molar-refractivity contribution in [2.24, 2.45) is 0 Å². The molecule has 0 aliphatic heterocycles. The van der Waals surface area contributed by atoms with Crippen LogP contribution in [0.25, 0.3) is 0 Å². The highest BCUT2D eigenvalue weighted by Gasteiger charge is 2.13. The molecule has 0 spiro atoms. The van der Waals surface area contributed by atoms with Crippen LogP contribution in [0.3, 0.4) is 0 Å². The van der Waals surface area contributed by atoms with Gasteiger partial charge in [-0.2, -0.15) is 0 Å². The maximum Gasteiger partial charge on any atom is 0.259 e. The molecule has 5 heteroatoms.